The lowest BCUT2D eigenvalue weighted by Gasteiger charge is -2.24. The second-order valence-electron chi connectivity index (χ2n) is 3.27. The third-order valence-electron chi connectivity index (χ3n) is 2.11. The van der Waals surface area contributed by atoms with Crippen LogP contribution in [0.15, 0.2) is 12.3 Å². The maximum atomic E-state index is 11.8. The van der Waals surface area contributed by atoms with Gasteiger partial charge in [-0.3, -0.25) is 4.79 Å². The van der Waals surface area contributed by atoms with E-state index in [-0.39, 0.29) is 0 Å². The van der Waals surface area contributed by atoms with E-state index < -0.39 is 12.0 Å². The Hall–Kier alpha value is -1.00. The van der Waals surface area contributed by atoms with E-state index in [9.17, 15) is 18.0 Å². The van der Waals surface area contributed by atoms with Gasteiger partial charge in [0.2, 0.25) is 0 Å². The number of halogens is 3. The van der Waals surface area contributed by atoms with Gasteiger partial charge in [0.15, 0.2) is 0 Å². The fraction of sp³-hybridized carbons (Fsp3) is 0.667. The van der Waals surface area contributed by atoms with Crippen molar-refractivity contribution in [1.82, 2.24) is 4.90 Å². The zero-order valence-electron chi connectivity index (χ0n) is 7.68. The van der Waals surface area contributed by atoms with Crippen molar-refractivity contribution in [2.24, 2.45) is 0 Å². The van der Waals surface area contributed by atoms with Crippen molar-refractivity contribution in [3.8, 4) is 0 Å². The van der Waals surface area contributed by atoms with Crippen LogP contribution in [-0.2, 0) is 4.79 Å². The number of hydrogen-bond donors (Lipinski definition) is 0. The Balaban J connectivity index is 2.42. The lowest BCUT2D eigenvalue weighted by molar-refractivity contribution is -0.165. The van der Waals surface area contributed by atoms with Crippen LogP contribution in [0.25, 0.3) is 0 Å². The molecule has 0 aliphatic carbocycles. The molecular weight excluding hydrogens is 195 g/mol. The highest BCUT2D eigenvalue weighted by Crippen LogP contribution is 2.17. The van der Waals surface area contributed by atoms with Crippen molar-refractivity contribution < 1.29 is 18.0 Å². The molecular formula is C9H12F3NO. The second-order valence-corrected chi connectivity index (χ2v) is 3.27. The highest BCUT2D eigenvalue weighted by Gasteiger charge is 2.36. The SMILES string of the molecule is O=C(/C=C\N1CCCCC1)C(F)(F)F. The van der Waals surface area contributed by atoms with Gasteiger partial charge in [-0.05, 0) is 19.3 Å². The van der Waals surface area contributed by atoms with Gasteiger partial charge < -0.3 is 4.90 Å². The van der Waals surface area contributed by atoms with Crippen LogP contribution in [0.5, 0.6) is 0 Å². The molecule has 2 nitrogen and oxygen atoms in total. The Bertz CT molecular complexity index is 229. The van der Waals surface area contributed by atoms with E-state index in [1.54, 1.807) is 4.90 Å². The Kier molecular flexibility index (Phi) is 3.55. The number of nitrogens with zero attached hydrogens (tertiary/aromatic N) is 1. The summed E-state index contributed by atoms with van der Waals surface area (Å²) in [7, 11) is 0. The lowest BCUT2D eigenvalue weighted by Crippen LogP contribution is -2.26. The van der Waals surface area contributed by atoms with Gasteiger partial charge in [0.05, 0.1) is 0 Å². The number of alkyl halides is 3. The number of carbonyl (C=O) groups excluding carboxylic acids is 1. The molecule has 0 radical (unpaired) electrons. The number of likely N-dealkylation sites (tertiary alicyclic amines) is 1. The average Bonchev–Trinajstić information content (AvgIpc) is 2.14. The predicted molar refractivity (Wildman–Crippen MR) is 45.6 cm³/mol. The van der Waals surface area contributed by atoms with Gasteiger partial charge in [-0.2, -0.15) is 13.2 Å². The van der Waals surface area contributed by atoms with E-state index in [1.807, 2.05) is 0 Å². The van der Waals surface area contributed by atoms with Crippen LogP contribution in [0, 0.1) is 0 Å². The predicted octanol–water partition coefficient (Wildman–Crippen LogP) is 2.12. The Labute approximate surface area is 80.4 Å². The van der Waals surface area contributed by atoms with Crippen molar-refractivity contribution in [3.05, 3.63) is 12.3 Å². The van der Waals surface area contributed by atoms with E-state index in [1.165, 1.54) is 6.20 Å². The van der Waals surface area contributed by atoms with Crippen LogP contribution in [0.3, 0.4) is 0 Å². The molecule has 0 unspecified atom stereocenters. The summed E-state index contributed by atoms with van der Waals surface area (Å²) < 4.78 is 35.4. The molecule has 1 aliphatic rings. The van der Waals surface area contributed by atoms with Crippen LogP contribution in [0.4, 0.5) is 13.2 Å². The molecule has 0 saturated carbocycles. The van der Waals surface area contributed by atoms with Gasteiger partial charge in [-0.15, -0.1) is 0 Å². The zero-order valence-corrected chi connectivity index (χ0v) is 7.68. The molecule has 0 N–H and O–H groups in total. The first-order valence-electron chi connectivity index (χ1n) is 4.53. The molecule has 1 heterocycles. The first-order chi connectivity index (χ1) is 6.50. The van der Waals surface area contributed by atoms with Gasteiger partial charge in [-0.1, -0.05) is 0 Å². The first kappa shape index (κ1) is 11.1. The highest BCUT2D eigenvalue weighted by molar-refractivity contribution is 5.94. The normalized spacial score (nSPS) is 18.9. The summed E-state index contributed by atoms with van der Waals surface area (Å²) in [6, 6.07) is 0. The summed E-state index contributed by atoms with van der Waals surface area (Å²) in [6.07, 6.45) is 0.166. The molecule has 80 valence electrons. The van der Waals surface area contributed by atoms with E-state index in [0.717, 1.165) is 32.4 Å². The van der Waals surface area contributed by atoms with Gasteiger partial charge in [0.1, 0.15) is 0 Å². The third-order valence-corrected chi connectivity index (χ3v) is 2.11. The smallest absolute Gasteiger partial charge is 0.377 e. The van der Waals surface area contributed by atoms with Crippen LogP contribution in [0.2, 0.25) is 0 Å². The van der Waals surface area contributed by atoms with E-state index >= 15 is 0 Å². The maximum Gasteiger partial charge on any atom is 0.454 e. The molecule has 0 aromatic heterocycles. The molecule has 1 rings (SSSR count). The van der Waals surface area contributed by atoms with Crippen molar-refractivity contribution in [2.75, 3.05) is 13.1 Å². The minimum absolute atomic E-state index is 0.602. The highest BCUT2D eigenvalue weighted by atomic mass is 19.4. The van der Waals surface area contributed by atoms with Gasteiger partial charge in [0, 0.05) is 25.4 Å². The van der Waals surface area contributed by atoms with Crippen LogP contribution >= 0.6 is 0 Å². The number of hydrogen-bond acceptors (Lipinski definition) is 2. The number of piperidine rings is 1. The lowest BCUT2D eigenvalue weighted by atomic mass is 10.1. The minimum atomic E-state index is -4.74. The summed E-state index contributed by atoms with van der Waals surface area (Å²) in [5.74, 6) is -1.79. The molecule has 0 aromatic rings. The Morgan fingerprint density at radius 1 is 1.14 bits per heavy atom. The van der Waals surface area contributed by atoms with Gasteiger partial charge >= 0.3 is 6.18 Å². The zero-order chi connectivity index (χ0) is 10.6. The molecule has 0 aromatic carbocycles. The molecule has 0 atom stereocenters. The average molecular weight is 207 g/mol. The summed E-state index contributed by atoms with van der Waals surface area (Å²) in [4.78, 5) is 12.2. The van der Waals surface area contributed by atoms with E-state index in [4.69, 9.17) is 0 Å². The third kappa shape index (κ3) is 3.40. The van der Waals surface area contributed by atoms with Gasteiger partial charge in [-0.25, -0.2) is 0 Å². The Morgan fingerprint density at radius 3 is 2.21 bits per heavy atom. The van der Waals surface area contributed by atoms with Gasteiger partial charge in [0.25, 0.3) is 5.78 Å². The summed E-state index contributed by atoms with van der Waals surface area (Å²) in [6.45, 7) is 1.48. The quantitative estimate of drug-likeness (QED) is 0.646. The molecule has 5 heteroatoms. The monoisotopic (exact) mass is 207 g/mol. The second kappa shape index (κ2) is 4.48. The molecule has 1 fully saturated rings. The van der Waals surface area contributed by atoms with Crippen molar-refractivity contribution in [3.63, 3.8) is 0 Å². The van der Waals surface area contributed by atoms with E-state index in [2.05, 4.69) is 0 Å². The van der Waals surface area contributed by atoms with Crippen LogP contribution in [-0.4, -0.2) is 29.9 Å². The molecule has 14 heavy (non-hydrogen) atoms. The number of rotatable bonds is 2. The molecule has 0 bridgehead atoms. The van der Waals surface area contributed by atoms with Crippen molar-refractivity contribution in [1.29, 1.82) is 0 Å². The fourth-order valence-electron chi connectivity index (χ4n) is 1.34. The standard InChI is InChI=1S/C9H12F3NO/c10-9(11,12)8(14)4-7-13-5-2-1-3-6-13/h4,7H,1-3,5-6H2/b7-4-. The number of ketones is 1. The maximum absolute atomic E-state index is 11.8. The first-order valence-corrected chi connectivity index (χ1v) is 4.53. The number of carbonyl (C=O) groups is 1. The minimum Gasteiger partial charge on any atom is -0.377 e. The van der Waals surface area contributed by atoms with Crippen molar-refractivity contribution >= 4 is 5.78 Å². The molecule has 0 spiro atoms. The van der Waals surface area contributed by atoms with E-state index in [0.29, 0.717) is 6.08 Å². The largest absolute Gasteiger partial charge is 0.454 e. The van der Waals surface area contributed by atoms with Crippen LogP contribution < -0.4 is 0 Å². The van der Waals surface area contributed by atoms with Crippen molar-refractivity contribution in [2.45, 2.75) is 25.4 Å². The molecule has 0 amide bonds. The van der Waals surface area contributed by atoms with Crippen LogP contribution in [0.1, 0.15) is 19.3 Å². The topological polar surface area (TPSA) is 20.3 Å². The number of allylic oxidation sites excluding steroid dienone is 1. The fourth-order valence-corrected chi connectivity index (χ4v) is 1.34. The summed E-state index contributed by atoms with van der Waals surface area (Å²) >= 11 is 0. The summed E-state index contributed by atoms with van der Waals surface area (Å²) in [5.41, 5.74) is 0. The molecule has 1 saturated heterocycles. The Morgan fingerprint density at radius 2 is 1.71 bits per heavy atom. The summed E-state index contributed by atoms with van der Waals surface area (Å²) in [5, 5.41) is 0. The molecule has 1 aliphatic heterocycles.